The summed E-state index contributed by atoms with van der Waals surface area (Å²) in [6.07, 6.45) is 11.7. The van der Waals surface area contributed by atoms with Crippen LogP contribution in [-0.4, -0.2) is 58.0 Å². The third kappa shape index (κ3) is 6.06. The van der Waals surface area contributed by atoms with Crippen molar-refractivity contribution in [3.63, 3.8) is 0 Å². The summed E-state index contributed by atoms with van der Waals surface area (Å²) in [5.74, 6) is 0. The predicted octanol–water partition coefficient (Wildman–Crippen LogP) is 7.81. The molecule has 2 aromatic carbocycles. The van der Waals surface area contributed by atoms with Gasteiger partial charge >= 0.3 is 0 Å². The lowest BCUT2D eigenvalue weighted by molar-refractivity contribution is -0.948. The first-order chi connectivity index (χ1) is 19.6. The van der Waals surface area contributed by atoms with Crippen LogP contribution in [0.2, 0.25) is 15.1 Å². The van der Waals surface area contributed by atoms with E-state index in [2.05, 4.69) is 30.3 Å². The van der Waals surface area contributed by atoms with Crippen LogP contribution in [0.1, 0.15) is 83.3 Å². The van der Waals surface area contributed by atoms with Crippen molar-refractivity contribution in [3.05, 3.63) is 81.1 Å². The standard InChI is InChI=1S/C33H47Cl3N3O2/c1-4-6-17-32(41,29-16-15-28(35)25-30(29)36)33(31(3,40)26-11-13-27(34)14-12-26)37-18-23-39(33,22-7-5-2)24-21-38-19-9-8-10-20-38/h11-16,18,23,25,37,40-41H,4-10,17,19-22,24H2,1-3H3/q+1. The molecule has 2 aliphatic heterocycles. The normalized spacial score (nSPS) is 26.0. The van der Waals surface area contributed by atoms with Crippen molar-refractivity contribution < 1.29 is 14.7 Å². The summed E-state index contributed by atoms with van der Waals surface area (Å²) in [5.41, 5.74) is -3.20. The fourth-order valence-electron chi connectivity index (χ4n) is 7.30. The number of nitrogens with one attached hydrogen (secondary N) is 1. The van der Waals surface area contributed by atoms with Gasteiger partial charge in [0, 0.05) is 27.2 Å². The van der Waals surface area contributed by atoms with Crippen LogP contribution >= 0.6 is 34.8 Å². The minimum absolute atomic E-state index is 0.367. The molecule has 2 aliphatic rings. The topological polar surface area (TPSA) is 55.7 Å². The van der Waals surface area contributed by atoms with Gasteiger partial charge in [-0.3, -0.25) is 9.38 Å². The number of aliphatic hydroxyl groups is 2. The third-order valence-electron chi connectivity index (χ3n) is 9.47. The third-order valence-corrected chi connectivity index (χ3v) is 10.3. The van der Waals surface area contributed by atoms with Crippen LogP contribution in [0, 0.1) is 0 Å². The quantitative estimate of drug-likeness (QED) is 0.199. The molecular formula is C33H47Cl3N3O2+. The Morgan fingerprint density at radius 1 is 0.902 bits per heavy atom. The van der Waals surface area contributed by atoms with E-state index in [-0.39, 0.29) is 0 Å². The van der Waals surface area contributed by atoms with E-state index in [0.29, 0.717) is 37.1 Å². The van der Waals surface area contributed by atoms with E-state index < -0.39 is 16.9 Å². The van der Waals surface area contributed by atoms with Crippen molar-refractivity contribution in [2.45, 2.75) is 89.0 Å². The summed E-state index contributed by atoms with van der Waals surface area (Å²) in [6, 6.07) is 12.6. The maximum Gasteiger partial charge on any atom is 0.243 e. The maximum absolute atomic E-state index is 13.4. The highest BCUT2D eigenvalue weighted by Crippen LogP contribution is 2.56. The second kappa shape index (κ2) is 13.5. The first-order valence-corrected chi connectivity index (χ1v) is 16.4. The van der Waals surface area contributed by atoms with Crippen LogP contribution in [0.15, 0.2) is 54.9 Å². The van der Waals surface area contributed by atoms with Gasteiger partial charge in [0.25, 0.3) is 0 Å². The minimum atomic E-state index is -1.58. The van der Waals surface area contributed by atoms with Crippen LogP contribution in [-0.2, 0) is 11.2 Å². The van der Waals surface area contributed by atoms with Crippen molar-refractivity contribution in [1.82, 2.24) is 10.2 Å². The van der Waals surface area contributed by atoms with Gasteiger partial charge in [-0.2, -0.15) is 0 Å². The van der Waals surface area contributed by atoms with Gasteiger partial charge in [-0.1, -0.05) is 92.5 Å². The minimum Gasteiger partial charge on any atom is -0.377 e. The molecule has 3 N–H and O–H groups in total. The number of quaternary nitrogens is 1. The highest BCUT2D eigenvalue weighted by atomic mass is 35.5. The smallest absolute Gasteiger partial charge is 0.243 e. The number of piperidine rings is 1. The first kappa shape index (κ1) is 32.6. The lowest BCUT2D eigenvalue weighted by atomic mass is 9.65. The molecule has 4 atom stereocenters. The molecule has 8 heteroatoms. The van der Waals surface area contributed by atoms with Crippen LogP contribution in [0.5, 0.6) is 0 Å². The monoisotopic (exact) mass is 622 g/mol. The average molecular weight is 624 g/mol. The van der Waals surface area contributed by atoms with Crippen LogP contribution in [0.25, 0.3) is 0 Å². The van der Waals surface area contributed by atoms with Crippen molar-refractivity contribution >= 4 is 34.8 Å². The zero-order valence-electron chi connectivity index (χ0n) is 24.8. The Bertz CT molecular complexity index is 1180. The molecule has 5 nitrogen and oxygen atoms in total. The van der Waals surface area contributed by atoms with Gasteiger partial charge in [0.2, 0.25) is 5.66 Å². The van der Waals surface area contributed by atoms with Crippen molar-refractivity contribution in [2.75, 3.05) is 32.7 Å². The molecule has 0 saturated carbocycles. The number of likely N-dealkylation sites (tertiary alicyclic amines) is 1. The predicted molar refractivity (Wildman–Crippen MR) is 171 cm³/mol. The molecule has 226 valence electrons. The Morgan fingerprint density at radius 3 is 2.20 bits per heavy atom. The number of benzene rings is 2. The first-order valence-electron chi connectivity index (χ1n) is 15.3. The largest absolute Gasteiger partial charge is 0.377 e. The number of nitrogens with zero attached hydrogens (tertiary/aromatic N) is 2. The van der Waals surface area contributed by atoms with Crippen molar-refractivity contribution in [2.24, 2.45) is 0 Å². The molecule has 41 heavy (non-hydrogen) atoms. The lowest BCUT2D eigenvalue weighted by Crippen LogP contribution is -2.82. The van der Waals surface area contributed by atoms with Gasteiger partial charge in [-0.15, -0.1) is 0 Å². The zero-order chi connectivity index (χ0) is 29.7. The summed E-state index contributed by atoms with van der Waals surface area (Å²) in [7, 11) is 0. The molecule has 4 rings (SSSR count). The number of unbranched alkanes of at least 4 members (excludes halogenated alkanes) is 2. The highest BCUT2D eigenvalue weighted by Gasteiger charge is 2.74. The molecule has 0 radical (unpaired) electrons. The average Bonchev–Trinajstić information content (AvgIpc) is 3.36. The van der Waals surface area contributed by atoms with E-state index in [0.717, 1.165) is 58.4 Å². The second-order valence-corrected chi connectivity index (χ2v) is 13.4. The van der Waals surface area contributed by atoms with Gasteiger partial charge < -0.3 is 15.5 Å². The molecule has 0 amide bonds. The van der Waals surface area contributed by atoms with Gasteiger partial charge in [0.05, 0.1) is 19.3 Å². The summed E-state index contributed by atoms with van der Waals surface area (Å²) >= 11 is 19.6. The Morgan fingerprint density at radius 2 is 1.56 bits per heavy atom. The molecule has 0 spiro atoms. The summed E-state index contributed by atoms with van der Waals surface area (Å²) in [5, 5.41) is 31.6. The molecule has 0 bridgehead atoms. The molecular weight excluding hydrogens is 577 g/mol. The van der Waals surface area contributed by atoms with E-state index in [4.69, 9.17) is 34.8 Å². The van der Waals surface area contributed by atoms with E-state index in [1.54, 1.807) is 24.3 Å². The number of rotatable bonds is 13. The summed E-state index contributed by atoms with van der Waals surface area (Å²) < 4.78 is 0.367. The molecule has 4 unspecified atom stereocenters. The Hall–Kier alpha value is -1.31. The Kier molecular flexibility index (Phi) is 10.8. The Balaban J connectivity index is 2.00. The fourth-order valence-corrected chi connectivity index (χ4v) is 7.99. The van der Waals surface area contributed by atoms with Crippen LogP contribution in [0.3, 0.4) is 0 Å². The van der Waals surface area contributed by atoms with E-state index in [9.17, 15) is 10.2 Å². The molecule has 0 aromatic heterocycles. The second-order valence-electron chi connectivity index (χ2n) is 12.1. The fraction of sp³-hybridized carbons (Fsp3) is 0.576. The van der Waals surface area contributed by atoms with Gasteiger partial charge in [0.15, 0.2) is 11.2 Å². The van der Waals surface area contributed by atoms with Gasteiger partial charge in [0.1, 0.15) is 6.20 Å². The van der Waals surface area contributed by atoms with Crippen LogP contribution < -0.4 is 5.32 Å². The van der Waals surface area contributed by atoms with Crippen LogP contribution in [0.4, 0.5) is 0 Å². The number of halogens is 3. The molecule has 1 fully saturated rings. The lowest BCUT2D eigenvalue weighted by Gasteiger charge is -2.60. The van der Waals surface area contributed by atoms with Gasteiger partial charge in [-0.05, 0) is 75.5 Å². The van der Waals surface area contributed by atoms with E-state index >= 15 is 0 Å². The van der Waals surface area contributed by atoms with E-state index in [1.807, 2.05) is 31.3 Å². The zero-order valence-corrected chi connectivity index (χ0v) is 27.1. The molecule has 1 saturated heterocycles. The SMILES string of the molecule is CCCCC(O)(c1ccc(Cl)cc1Cl)C1(C(C)(O)c2ccc(Cl)cc2)NC=C[N+]1(CCCC)CCN1CCCCC1. The molecule has 0 aliphatic carbocycles. The number of hydrogen-bond acceptors (Lipinski definition) is 4. The maximum atomic E-state index is 13.4. The summed E-state index contributed by atoms with van der Waals surface area (Å²) in [6.45, 7) is 10.6. The summed E-state index contributed by atoms with van der Waals surface area (Å²) in [4.78, 5) is 2.53. The van der Waals surface area contributed by atoms with E-state index in [1.165, 1.54) is 19.3 Å². The molecule has 2 heterocycles. The Labute approximate surface area is 261 Å². The van der Waals surface area contributed by atoms with Crippen molar-refractivity contribution in [1.29, 1.82) is 0 Å². The molecule has 2 aromatic rings. The number of hydrogen-bond donors (Lipinski definition) is 3. The van der Waals surface area contributed by atoms with Gasteiger partial charge in [-0.25, -0.2) is 0 Å². The highest BCUT2D eigenvalue weighted by molar-refractivity contribution is 6.35. The van der Waals surface area contributed by atoms with Crippen molar-refractivity contribution in [3.8, 4) is 0 Å².